The van der Waals surface area contributed by atoms with Gasteiger partial charge in [0, 0.05) is 6.20 Å². The second-order valence-corrected chi connectivity index (χ2v) is 2.31. The molecule has 1 heterocycles. The number of nitrogens with zero attached hydrogens (tertiary/aromatic N) is 2. The molecule has 13 heavy (non-hydrogen) atoms. The average Bonchev–Trinajstić information content (AvgIpc) is 2.52. The van der Waals surface area contributed by atoms with Crippen molar-refractivity contribution in [1.29, 1.82) is 0 Å². The van der Waals surface area contributed by atoms with E-state index in [1.807, 2.05) is 0 Å². The van der Waals surface area contributed by atoms with Crippen LogP contribution in [0.25, 0.3) is 0 Å². The molecule has 6 nitrogen and oxygen atoms in total. The zero-order chi connectivity index (χ0) is 9.84. The summed E-state index contributed by atoms with van der Waals surface area (Å²) in [5, 5.41) is 8.50. The minimum Gasteiger partial charge on any atom is -0.476 e. The summed E-state index contributed by atoms with van der Waals surface area (Å²) in [5.41, 5.74) is -0.0936. The minimum atomic E-state index is -1.12. The van der Waals surface area contributed by atoms with Crippen LogP contribution >= 0.6 is 0 Å². The molecule has 0 saturated carbocycles. The van der Waals surface area contributed by atoms with Gasteiger partial charge in [-0.05, 0) is 0 Å². The molecule has 0 unspecified atom stereocenters. The van der Waals surface area contributed by atoms with Gasteiger partial charge in [-0.2, -0.15) is 0 Å². The third-order valence-corrected chi connectivity index (χ3v) is 1.39. The first-order chi connectivity index (χ1) is 6.13. The maximum atomic E-state index is 10.7. The number of esters is 1. The van der Waals surface area contributed by atoms with E-state index in [9.17, 15) is 9.59 Å². The van der Waals surface area contributed by atoms with E-state index in [0.717, 1.165) is 0 Å². The first-order valence-electron chi connectivity index (χ1n) is 3.45. The number of aromatic carboxylic acids is 1. The summed E-state index contributed by atoms with van der Waals surface area (Å²) in [6.07, 6.45) is 2.53. The van der Waals surface area contributed by atoms with E-state index in [4.69, 9.17) is 5.11 Å². The van der Waals surface area contributed by atoms with Gasteiger partial charge in [-0.25, -0.2) is 9.78 Å². The summed E-state index contributed by atoms with van der Waals surface area (Å²) in [6.45, 7) is -0.0310. The standard InChI is InChI=1S/C7H8N2O4/c1-13-6(10)3-9-2-5(7(11)12)8-4-9/h2,4H,3H2,1H3,(H,11,12). The van der Waals surface area contributed by atoms with Gasteiger partial charge in [-0.1, -0.05) is 0 Å². The Balaban J connectivity index is 2.69. The maximum Gasteiger partial charge on any atom is 0.356 e. The molecule has 1 N–H and O–H groups in total. The largest absolute Gasteiger partial charge is 0.476 e. The summed E-state index contributed by atoms with van der Waals surface area (Å²) in [4.78, 5) is 24.7. The molecule has 6 heteroatoms. The Hall–Kier alpha value is -1.85. The van der Waals surface area contributed by atoms with Gasteiger partial charge in [0.25, 0.3) is 0 Å². The Morgan fingerprint density at radius 3 is 2.85 bits per heavy atom. The molecule has 0 aliphatic carbocycles. The zero-order valence-electron chi connectivity index (χ0n) is 6.93. The molecule has 0 atom stereocenters. The normalized spacial score (nSPS) is 9.62. The predicted octanol–water partition coefficient (Wildman–Crippen LogP) is -0.246. The lowest BCUT2D eigenvalue weighted by molar-refractivity contribution is -0.141. The van der Waals surface area contributed by atoms with Crippen molar-refractivity contribution in [2.75, 3.05) is 7.11 Å². The number of carboxylic acid groups (broad SMARTS) is 1. The van der Waals surface area contributed by atoms with Crippen LogP contribution < -0.4 is 0 Å². The summed E-state index contributed by atoms with van der Waals surface area (Å²) in [7, 11) is 1.26. The molecule has 0 aromatic carbocycles. The number of methoxy groups -OCH3 is 1. The molecule has 1 aromatic rings. The minimum absolute atomic E-state index is 0.0310. The lowest BCUT2D eigenvalue weighted by atomic mass is 10.5. The summed E-state index contributed by atoms with van der Waals surface area (Å²) in [5.74, 6) is -1.57. The van der Waals surface area contributed by atoms with Gasteiger partial charge in [0.2, 0.25) is 0 Å². The van der Waals surface area contributed by atoms with Crippen LogP contribution in [0.3, 0.4) is 0 Å². The lowest BCUT2D eigenvalue weighted by Gasteiger charge is -1.97. The second kappa shape index (κ2) is 3.70. The number of aromatic nitrogens is 2. The third kappa shape index (κ3) is 2.29. The highest BCUT2D eigenvalue weighted by Crippen LogP contribution is 1.96. The van der Waals surface area contributed by atoms with E-state index in [-0.39, 0.29) is 12.2 Å². The third-order valence-electron chi connectivity index (χ3n) is 1.39. The van der Waals surface area contributed by atoms with Gasteiger partial charge in [0.15, 0.2) is 5.69 Å². The second-order valence-electron chi connectivity index (χ2n) is 2.31. The Bertz CT molecular complexity index is 331. The van der Waals surface area contributed by atoms with E-state index >= 15 is 0 Å². The van der Waals surface area contributed by atoms with Crippen LogP contribution in [0.4, 0.5) is 0 Å². The van der Waals surface area contributed by atoms with Crippen LogP contribution in [0.1, 0.15) is 10.5 Å². The molecule has 1 aromatic heterocycles. The van der Waals surface area contributed by atoms with E-state index in [1.54, 1.807) is 0 Å². The number of carbonyl (C=O) groups excluding carboxylic acids is 1. The highest BCUT2D eigenvalue weighted by atomic mass is 16.5. The summed E-state index contributed by atoms with van der Waals surface area (Å²) < 4.78 is 5.73. The fourth-order valence-corrected chi connectivity index (χ4v) is 0.771. The summed E-state index contributed by atoms with van der Waals surface area (Å²) >= 11 is 0. The van der Waals surface area contributed by atoms with Gasteiger partial charge in [0.1, 0.15) is 6.54 Å². The van der Waals surface area contributed by atoms with E-state index in [0.29, 0.717) is 0 Å². The quantitative estimate of drug-likeness (QED) is 0.655. The van der Waals surface area contributed by atoms with Crippen LogP contribution in [0.15, 0.2) is 12.5 Å². The Morgan fingerprint density at radius 1 is 1.69 bits per heavy atom. The number of carboxylic acids is 1. The van der Waals surface area contributed by atoms with E-state index < -0.39 is 11.9 Å². The van der Waals surface area contributed by atoms with Crippen LogP contribution in [-0.2, 0) is 16.1 Å². The molecule has 0 bridgehead atoms. The number of hydrogen-bond acceptors (Lipinski definition) is 4. The van der Waals surface area contributed by atoms with E-state index in [1.165, 1.54) is 24.2 Å². The number of rotatable bonds is 3. The molecule has 0 aliphatic rings. The number of carbonyl (C=O) groups is 2. The first-order valence-corrected chi connectivity index (χ1v) is 3.45. The molecular weight excluding hydrogens is 176 g/mol. The molecule has 0 fully saturated rings. The topological polar surface area (TPSA) is 81.4 Å². The van der Waals surface area contributed by atoms with Crippen LogP contribution in [0.5, 0.6) is 0 Å². The monoisotopic (exact) mass is 184 g/mol. The average molecular weight is 184 g/mol. The SMILES string of the molecule is COC(=O)Cn1cnc(C(=O)O)c1. The van der Waals surface area contributed by atoms with Gasteiger partial charge in [-0.3, -0.25) is 4.79 Å². The van der Waals surface area contributed by atoms with Crippen LogP contribution in [-0.4, -0.2) is 33.7 Å². The Morgan fingerprint density at radius 2 is 2.38 bits per heavy atom. The highest BCUT2D eigenvalue weighted by Gasteiger charge is 2.08. The lowest BCUT2D eigenvalue weighted by Crippen LogP contribution is -2.09. The van der Waals surface area contributed by atoms with Crippen molar-refractivity contribution in [1.82, 2.24) is 9.55 Å². The maximum absolute atomic E-state index is 10.7. The molecule has 0 radical (unpaired) electrons. The predicted molar refractivity (Wildman–Crippen MR) is 41.2 cm³/mol. The summed E-state index contributed by atoms with van der Waals surface area (Å²) in [6, 6.07) is 0. The number of hydrogen-bond donors (Lipinski definition) is 1. The van der Waals surface area contributed by atoms with Gasteiger partial charge < -0.3 is 14.4 Å². The Kier molecular flexibility index (Phi) is 2.63. The smallest absolute Gasteiger partial charge is 0.356 e. The molecule has 0 saturated heterocycles. The highest BCUT2D eigenvalue weighted by molar-refractivity contribution is 5.85. The van der Waals surface area contributed by atoms with Gasteiger partial charge in [-0.15, -0.1) is 0 Å². The van der Waals surface area contributed by atoms with Crippen molar-refractivity contribution in [2.24, 2.45) is 0 Å². The first kappa shape index (κ1) is 9.24. The van der Waals surface area contributed by atoms with Gasteiger partial charge in [0.05, 0.1) is 13.4 Å². The van der Waals surface area contributed by atoms with Gasteiger partial charge >= 0.3 is 11.9 Å². The molecule has 0 spiro atoms. The Labute approximate surface area is 73.8 Å². The van der Waals surface area contributed by atoms with Crippen LogP contribution in [0.2, 0.25) is 0 Å². The van der Waals surface area contributed by atoms with E-state index in [2.05, 4.69) is 9.72 Å². The number of imidazole rings is 1. The molecular formula is C7H8N2O4. The fraction of sp³-hybridized carbons (Fsp3) is 0.286. The zero-order valence-corrected chi connectivity index (χ0v) is 6.93. The van der Waals surface area contributed by atoms with Crippen molar-refractivity contribution in [3.63, 3.8) is 0 Å². The van der Waals surface area contributed by atoms with Crippen molar-refractivity contribution in [3.8, 4) is 0 Å². The van der Waals surface area contributed by atoms with Crippen molar-refractivity contribution in [2.45, 2.75) is 6.54 Å². The van der Waals surface area contributed by atoms with Crippen molar-refractivity contribution < 1.29 is 19.4 Å². The fourth-order valence-electron chi connectivity index (χ4n) is 0.771. The number of ether oxygens (including phenoxy) is 1. The van der Waals surface area contributed by atoms with Crippen LogP contribution in [0, 0.1) is 0 Å². The molecule has 70 valence electrons. The van der Waals surface area contributed by atoms with Crippen molar-refractivity contribution in [3.05, 3.63) is 18.2 Å². The molecule has 0 aliphatic heterocycles. The molecule has 1 rings (SSSR count). The molecule has 0 amide bonds. The van der Waals surface area contributed by atoms with Crippen molar-refractivity contribution >= 4 is 11.9 Å².